The topological polar surface area (TPSA) is 86.7 Å². The number of fused-ring (bicyclic) bond motifs is 1. The molecule has 0 bridgehead atoms. The first-order valence-corrected chi connectivity index (χ1v) is 9.47. The van der Waals surface area contributed by atoms with Crippen molar-refractivity contribution in [3.05, 3.63) is 34.9 Å². The minimum Gasteiger partial charge on any atom is -0.396 e. The molecule has 1 aromatic carbocycles. The largest absolute Gasteiger partial charge is 0.396 e. The molecule has 6 nitrogen and oxygen atoms in total. The number of piperidine rings is 1. The number of hydrogen-bond donors (Lipinski definition) is 2. The maximum absolute atomic E-state index is 12.6. The summed E-state index contributed by atoms with van der Waals surface area (Å²) >= 11 is 0. The van der Waals surface area contributed by atoms with Crippen LogP contribution in [-0.2, 0) is 16.1 Å². The van der Waals surface area contributed by atoms with E-state index in [1.54, 1.807) is 11.0 Å². The van der Waals surface area contributed by atoms with Gasteiger partial charge in [0.2, 0.25) is 11.8 Å². The van der Waals surface area contributed by atoms with Gasteiger partial charge in [-0.15, -0.1) is 0 Å². The molecule has 0 radical (unpaired) electrons. The fraction of sp³-hybridized carbons (Fsp3) is 0.476. The third-order valence-electron chi connectivity index (χ3n) is 4.97. The molecular formula is C21H24N2O4. The monoisotopic (exact) mass is 368 g/mol. The quantitative estimate of drug-likeness (QED) is 0.455. The Morgan fingerprint density at radius 1 is 1.15 bits per heavy atom. The second kappa shape index (κ2) is 8.83. The molecule has 3 amide bonds. The molecule has 2 aliphatic rings. The van der Waals surface area contributed by atoms with E-state index in [1.807, 2.05) is 12.1 Å². The van der Waals surface area contributed by atoms with Gasteiger partial charge in [-0.2, -0.15) is 0 Å². The highest BCUT2D eigenvalue weighted by atomic mass is 16.3. The van der Waals surface area contributed by atoms with Gasteiger partial charge in [0.15, 0.2) is 0 Å². The van der Waals surface area contributed by atoms with E-state index in [-0.39, 0.29) is 24.8 Å². The van der Waals surface area contributed by atoms with Crippen molar-refractivity contribution in [1.82, 2.24) is 10.2 Å². The number of nitrogens with zero attached hydrogens (tertiary/aromatic N) is 1. The molecule has 27 heavy (non-hydrogen) atoms. The predicted molar refractivity (Wildman–Crippen MR) is 99.5 cm³/mol. The Labute approximate surface area is 158 Å². The molecule has 0 aliphatic carbocycles. The number of benzene rings is 1. The van der Waals surface area contributed by atoms with Gasteiger partial charge in [0.1, 0.15) is 6.04 Å². The normalized spacial score (nSPS) is 18.8. The fourth-order valence-electron chi connectivity index (χ4n) is 3.50. The molecular weight excluding hydrogens is 344 g/mol. The van der Waals surface area contributed by atoms with Gasteiger partial charge in [-0.1, -0.05) is 24.7 Å². The average molecular weight is 368 g/mol. The van der Waals surface area contributed by atoms with Crippen molar-refractivity contribution in [3.8, 4) is 11.8 Å². The third-order valence-corrected chi connectivity index (χ3v) is 4.97. The maximum Gasteiger partial charge on any atom is 0.255 e. The third kappa shape index (κ3) is 4.55. The number of nitrogens with one attached hydrogen (secondary N) is 1. The summed E-state index contributed by atoms with van der Waals surface area (Å²) in [7, 11) is 0. The van der Waals surface area contributed by atoms with Crippen LogP contribution in [0.2, 0.25) is 0 Å². The molecule has 6 heteroatoms. The van der Waals surface area contributed by atoms with E-state index in [0.717, 1.165) is 43.2 Å². The van der Waals surface area contributed by atoms with Crippen molar-refractivity contribution in [3.63, 3.8) is 0 Å². The fourth-order valence-corrected chi connectivity index (χ4v) is 3.50. The summed E-state index contributed by atoms with van der Waals surface area (Å²) in [5.41, 5.74) is 2.34. The molecule has 0 saturated carbocycles. The predicted octanol–water partition coefficient (Wildman–Crippen LogP) is 1.74. The lowest BCUT2D eigenvalue weighted by atomic mass is 10.0. The first kappa shape index (κ1) is 19.1. The van der Waals surface area contributed by atoms with Crippen molar-refractivity contribution >= 4 is 17.7 Å². The number of hydrogen-bond acceptors (Lipinski definition) is 4. The SMILES string of the molecule is O=C1CCC(N2Cc3cc(C#CCCCCCCO)ccc3C2=O)C(=O)N1. The van der Waals surface area contributed by atoms with E-state index in [0.29, 0.717) is 18.5 Å². The van der Waals surface area contributed by atoms with Gasteiger partial charge in [0.25, 0.3) is 5.91 Å². The number of rotatable bonds is 6. The number of unbranched alkanes of at least 4 members (excludes halogenated alkanes) is 4. The number of imide groups is 1. The summed E-state index contributed by atoms with van der Waals surface area (Å²) in [4.78, 5) is 37.6. The molecule has 1 aromatic rings. The minimum atomic E-state index is -0.587. The molecule has 0 aromatic heterocycles. The highest BCUT2D eigenvalue weighted by molar-refractivity contribution is 6.05. The maximum atomic E-state index is 12.6. The highest BCUT2D eigenvalue weighted by Gasteiger charge is 2.38. The Bertz CT molecular complexity index is 806. The van der Waals surface area contributed by atoms with Crippen molar-refractivity contribution < 1.29 is 19.5 Å². The van der Waals surface area contributed by atoms with E-state index in [9.17, 15) is 14.4 Å². The Morgan fingerprint density at radius 3 is 2.74 bits per heavy atom. The van der Waals surface area contributed by atoms with E-state index < -0.39 is 11.9 Å². The molecule has 3 rings (SSSR count). The second-order valence-corrected chi connectivity index (χ2v) is 6.96. The zero-order valence-electron chi connectivity index (χ0n) is 15.3. The Balaban J connectivity index is 1.61. The van der Waals surface area contributed by atoms with Crippen molar-refractivity contribution in [2.24, 2.45) is 0 Å². The van der Waals surface area contributed by atoms with E-state index in [2.05, 4.69) is 17.2 Å². The summed E-state index contributed by atoms with van der Waals surface area (Å²) in [5, 5.41) is 11.1. The summed E-state index contributed by atoms with van der Waals surface area (Å²) in [6, 6.07) is 4.94. The van der Waals surface area contributed by atoms with Crippen LogP contribution < -0.4 is 5.32 Å². The van der Waals surface area contributed by atoms with Crippen LogP contribution in [-0.4, -0.2) is 40.4 Å². The van der Waals surface area contributed by atoms with Gasteiger partial charge < -0.3 is 10.0 Å². The van der Waals surface area contributed by atoms with Crippen LogP contribution >= 0.6 is 0 Å². The second-order valence-electron chi connectivity index (χ2n) is 6.96. The first-order valence-electron chi connectivity index (χ1n) is 9.47. The molecule has 2 aliphatic heterocycles. The van der Waals surface area contributed by atoms with Crippen LogP contribution in [0.1, 0.15) is 66.4 Å². The summed E-state index contributed by atoms with van der Waals surface area (Å²) in [6.45, 7) is 0.618. The molecule has 1 atom stereocenters. The van der Waals surface area contributed by atoms with Gasteiger partial charge in [-0.05, 0) is 43.0 Å². The smallest absolute Gasteiger partial charge is 0.255 e. The van der Waals surface area contributed by atoms with E-state index in [4.69, 9.17) is 5.11 Å². The van der Waals surface area contributed by atoms with Crippen molar-refractivity contribution in [2.45, 2.75) is 57.5 Å². The number of amides is 3. The number of aliphatic hydroxyl groups excluding tert-OH is 1. The lowest BCUT2D eigenvalue weighted by molar-refractivity contribution is -0.136. The standard InChI is InChI=1S/C21H24N2O4/c24-12-6-4-2-1-3-5-7-15-8-9-17-16(13-15)14-23(21(17)27)18-10-11-19(25)22-20(18)26/h8-9,13,18,24H,1-4,6,10-12,14H2,(H,22,25,26). The summed E-state index contributed by atoms with van der Waals surface area (Å²) in [5.74, 6) is 5.45. The van der Waals surface area contributed by atoms with Crippen LogP contribution in [0.15, 0.2) is 18.2 Å². The van der Waals surface area contributed by atoms with Gasteiger partial charge in [0, 0.05) is 37.1 Å². The lowest BCUT2D eigenvalue weighted by Crippen LogP contribution is -2.52. The molecule has 2 heterocycles. The number of carbonyl (C=O) groups is 3. The van der Waals surface area contributed by atoms with Gasteiger partial charge >= 0.3 is 0 Å². The molecule has 1 fully saturated rings. The van der Waals surface area contributed by atoms with Crippen LogP contribution in [0.4, 0.5) is 0 Å². The van der Waals surface area contributed by atoms with Crippen LogP contribution in [0, 0.1) is 11.8 Å². The Kier molecular flexibility index (Phi) is 6.25. The average Bonchev–Trinajstić information content (AvgIpc) is 2.97. The number of carbonyl (C=O) groups excluding carboxylic acids is 3. The minimum absolute atomic E-state index is 0.164. The Hall–Kier alpha value is -2.65. The highest BCUT2D eigenvalue weighted by Crippen LogP contribution is 2.28. The number of aliphatic hydroxyl groups is 1. The zero-order valence-corrected chi connectivity index (χ0v) is 15.3. The first-order chi connectivity index (χ1) is 13.1. The molecule has 2 N–H and O–H groups in total. The summed E-state index contributed by atoms with van der Waals surface area (Å²) < 4.78 is 0. The van der Waals surface area contributed by atoms with Gasteiger partial charge in [-0.3, -0.25) is 19.7 Å². The van der Waals surface area contributed by atoms with Crippen LogP contribution in [0.25, 0.3) is 0 Å². The lowest BCUT2D eigenvalue weighted by Gasteiger charge is -2.29. The Morgan fingerprint density at radius 2 is 1.96 bits per heavy atom. The van der Waals surface area contributed by atoms with E-state index >= 15 is 0 Å². The van der Waals surface area contributed by atoms with Crippen LogP contribution in [0.3, 0.4) is 0 Å². The molecule has 0 spiro atoms. The van der Waals surface area contributed by atoms with Gasteiger partial charge in [0.05, 0.1) is 0 Å². The van der Waals surface area contributed by atoms with Gasteiger partial charge in [-0.25, -0.2) is 0 Å². The summed E-state index contributed by atoms with van der Waals surface area (Å²) in [6.07, 6.45) is 5.38. The van der Waals surface area contributed by atoms with Crippen molar-refractivity contribution in [1.29, 1.82) is 0 Å². The molecule has 142 valence electrons. The van der Waals surface area contributed by atoms with Crippen molar-refractivity contribution in [2.75, 3.05) is 6.61 Å². The zero-order chi connectivity index (χ0) is 19.2. The molecule has 1 unspecified atom stereocenters. The van der Waals surface area contributed by atoms with E-state index in [1.165, 1.54) is 0 Å². The van der Waals surface area contributed by atoms with Crippen LogP contribution in [0.5, 0.6) is 0 Å². The molecule has 1 saturated heterocycles.